The maximum atomic E-state index is 12.0. The lowest BCUT2D eigenvalue weighted by molar-refractivity contribution is -0.149. The minimum absolute atomic E-state index is 0.302. The summed E-state index contributed by atoms with van der Waals surface area (Å²) in [6.07, 6.45) is 0. The topological polar surface area (TPSA) is 73.9 Å². The average Bonchev–Trinajstić information content (AvgIpc) is 2.59. The van der Waals surface area contributed by atoms with Gasteiger partial charge in [-0.25, -0.2) is 4.79 Å². The first kappa shape index (κ1) is 19.6. The third-order valence-corrected chi connectivity index (χ3v) is 3.71. The molecule has 0 aliphatic carbocycles. The van der Waals surface area contributed by atoms with Gasteiger partial charge in [0.25, 0.3) is 5.91 Å². The van der Waals surface area contributed by atoms with E-state index in [0.29, 0.717) is 22.2 Å². The highest BCUT2D eigenvalue weighted by Crippen LogP contribution is 2.25. The molecule has 2 rings (SSSR count). The maximum Gasteiger partial charge on any atom is 0.344 e. The van der Waals surface area contributed by atoms with Crippen molar-refractivity contribution in [1.29, 1.82) is 0 Å². The van der Waals surface area contributed by atoms with E-state index in [4.69, 9.17) is 25.8 Å². The summed E-state index contributed by atoms with van der Waals surface area (Å²) in [5, 5.41) is 3.23. The lowest BCUT2D eigenvalue weighted by atomic mass is 10.2. The number of hydrogen-bond donors (Lipinski definition) is 1. The number of ether oxygens (including phenoxy) is 3. The summed E-state index contributed by atoms with van der Waals surface area (Å²) in [6, 6.07) is 10.4. The zero-order valence-electron chi connectivity index (χ0n) is 14.8. The molecule has 0 atom stereocenters. The molecule has 0 aromatic heterocycles. The van der Waals surface area contributed by atoms with Gasteiger partial charge >= 0.3 is 5.97 Å². The van der Waals surface area contributed by atoms with E-state index < -0.39 is 18.5 Å². The Labute approximate surface area is 157 Å². The lowest BCUT2D eigenvalue weighted by Crippen LogP contribution is -2.24. The van der Waals surface area contributed by atoms with E-state index in [-0.39, 0.29) is 6.61 Å². The van der Waals surface area contributed by atoms with Crippen LogP contribution in [0.15, 0.2) is 36.4 Å². The van der Waals surface area contributed by atoms with Gasteiger partial charge in [0.05, 0.1) is 12.8 Å². The van der Waals surface area contributed by atoms with E-state index in [1.165, 1.54) is 7.11 Å². The molecule has 0 heterocycles. The Kier molecular flexibility index (Phi) is 6.86. The smallest absolute Gasteiger partial charge is 0.344 e. The van der Waals surface area contributed by atoms with Crippen LogP contribution in [0, 0.1) is 13.8 Å². The van der Waals surface area contributed by atoms with Crippen LogP contribution in [0.2, 0.25) is 5.02 Å². The Bertz CT molecular complexity index is 807. The van der Waals surface area contributed by atoms with Gasteiger partial charge in [0.1, 0.15) is 11.5 Å². The number of halogens is 1. The van der Waals surface area contributed by atoms with Crippen LogP contribution < -0.4 is 14.8 Å². The molecule has 0 aliphatic rings. The number of methoxy groups -OCH3 is 1. The van der Waals surface area contributed by atoms with Gasteiger partial charge in [-0.05, 0) is 55.3 Å². The predicted molar refractivity (Wildman–Crippen MR) is 99.0 cm³/mol. The fourth-order valence-corrected chi connectivity index (χ4v) is 2.43. The first-order valence-electron chi connectivity index (χ1n) is 7.88. The first-order chi connectivity index (χ1) is 12.4. The molecule has 0 bridgehead atoms. The molecule has 2 aromatic carbocycles. The Morgan fingerprint density at radius 1 is 1.04 bits per heavy atom. The number of rotatable bonds is 7. The van der Waals surface area contributed by atoms with Crippen molar-refractivity contribution in [3.8, 4) is 11.5 Å². The molecule has 26 heavy (non-hydrogen) atoms. The van der Waals surface area contributed by atoms with Crippen molar-refractivity contribution in [3.63, 3.8) is 0 Å². The van der Waals surface area contributed by atoms with Crippen LogP contribution in [0.25, 0.3) is 0 Å². The molecular weight excluding hydrogens is 358 g/mol. The van der Waals surface area contributed by atoms with Gasteiger partial charge in [-0.1, -0.05) is 17.7 Å². The van der Waals surface area contributed by atoms with Crippen LogP contribution >= 0.6 is 11.6 Å². The Balaban J connectivity index is 1.81. The molecule has 138 valence electrons. The summed E-state index contributed by atoms with van der Waals surface area (Å²) >= 11 is 5.86. The van der Waals surface area contributed by atoms with Crippen molar-refractivity contribution in [3.05, 3.63) is 52.5 Å². The Morgan fingerprint density at radius 3 is 2.46 bits per heavy atom. The minimum atomic E-state index is -0.647. The lowest BCUT2D eigenvalue weighted by Gasteiger charge is -2.12. The third-order valence-electron chi connectivity index (χ3n) is 3.48. The molecular formula is C19H20ClNO5. The zero-order valence-corrected chi connectivity index (χ0v) is 15.6. The van der Waals surface area contributed by atoms with Crippen molar-refractivity contribution in [2.75, 3.05) is 25.6 Å². The molecule has 2 aromatic rings. The summed E-state index contributed by atoms with van der Waals surface area (Å²) < 4.78 is 15.5. The standard InChI is InChI=1S/C19H20ClNO5/c1-12-4-6-17(24-3)15(8-12)21-18(22)10-26-19(23)11-25-16-7-5-14(20)9-13(16)2/h4-9H,10-11H2,1-3H3,(H,21,22). The van der Waals surface area contributed by atoms with Crippen LogP contribution in [0.5, 0.6) is 11.5 Å². The molecule has 6 nitrogen and oxygen atoms in total. The van der Waals surface area contributed by atoms with Gasteiger partial charge < -0.3 is 19.5 Å². The normalized spacial score (nSPS) is 10.2. The van der Waals surface area contributed by atoms with Crippen LogP contribution in [-0.2, 0) is 14.3 Å². The number of carbonyl (C=O) groups excluding carboxylic acids is 2. The molecule has 1 amide bonds. The second-order valence-electron chi connectivity index (χ2n) is 5.61. The van der Waals surface area contributed by atoms with Crippen molar-refractivity contribution >= 4 is 29.2 Å². The van der Waals surface area contributed by atoms with Gasteiger partial charge in [0.15, 0.2) is 13.2 Å². The maximum absolute atomic E-state index is 12.0. The molecule has 7 heteroatoms. The molecule has 0 saturated heterocycles. The van der Waals surface area contributed by atoms with E-state index >= 15 is 0 Å². The Hall–Kier alpha value is -2.73. The van der Waals surface area contributed by atoms with Crippen LogP contribution in [-0.4, -0.2) is 32.2 Å². The van der Waals surface area contributed by atoms with E-state index in [2.05, 4.69) is 5.32 Å². The highest BCUT2D eigenvalue weighted by Gasteiger charge is 2.12. The molecule has 0 unspecified atom stereocenters. The molecule has 0 saturated carbocycles. The van der Waals surface area contributed by atoms with E-state index in [0.717, 1.165) is 11.1 Å². The van der Waals surface area contributed by atoms with E-state index in [1.807, 2.05) is 19.9 Å². The van der Waals surface area contributed by atoms with E-state index in [1.54, 1.807) is 30.3 Å². The highest BCUT2D eigenvalue weighted by molar-refractivity contribution is 6.30. The summed E-state index contributed by atoms with van der Waals surface area (Å²) in [5.74, 6) is -0.0623. The van der Waals surface area contributed by atoms with Gasteiger partial charge in [0.2, 0.25) is 0 Å². The van der Waals surface area contributed by atoms with Crippen molar-refractivity contribution in [2.24, 2.45) is 0 Å². The number of carbonyl (C=O) groups is 2. The van der Waals surface area contributed by atoms with Crippen molar-refractivity contribution in [1.82, 2.24) is 0 Å². The monoisotopic (exact) mass is 377 g/mol. The van der Waals surface area contributed by atoms with Gasteiger partial charge in [-0.15, -0.1) is 0 Å². The third kappa shape index (κ3) is 5.67. The second kappa shape index (κ2) is 9.10. The van der Waals surface area contributed by atoms with Crippen molar-refractivity contribution in [2.45, 2.75) is 13.8 Å². The Morgan fingerprint density at radius 2 is 1.77 bits per heavy atom. The fraction of sp³-hybridized carbons (Fsp3) is 0.263. The quantitative estimate of drug-likeness (QED) is 0.747. The number of aryl methyl sites for hydroxylation is 2. The second-order valence-corrected chi connectivity index (χ2v) is 6.05. The molecule has 0 fully saturated rings. The summed E-state index contributed by atoms with van der Waals surface area (Å²) in [6.45, 7) is 2.99. The number of esters is 1. The highest BCUT2D eigenvalue weighted by atomic mass is 35.5. The summed E-state index contributed by atoms with van der Waals surface area (Å²) in [5.41, 5.74) is 2.28. The van der Waals surface area contributed by atoms with Crippen LogP contribution in [0.3, 0.4) is 0 Å². The summed E-state index contributed by atoms with van der Waals surface area (Å²) in [7, 11) is 1.51. The molecule has 0 radical (unpaired) electrons. The molecule has 1 N–H and O–H groups in total. The van der Waals surface area contributed by atoms with E-state index in [9.17, 15) is 9.59 Å². The number of anilines is 1. The zero-order chi connectivity index (χ0) is 19.1. The SMILES string of the molecule is COc1ccc(C)cc1NC(=O)COC(=O)COc1ccc(Cl)cc1C. The fourth-order valence-electron chi connectivity index (χ4n) is 2.20. The van der Waals surface area contributed by atoms with Gasteiger partial charge in [0, 0.05) is 5.02 Å². The number of hydrogen-bond acceptors (Lipinski definition) is 5. The largest absolute Gasteiger partial charge is 0.495 e. The van der Waals surface area contributed by atoms with Crippen LogP contribution in [0.4, 0.5) is 5.69 Å². The van der Waals surface area contributed by atoms with Crippen LogP contribution in [0.1, 0.15) is 11.1 Å². The minimum Gasteiger partial charge on any atom is -0.495 e. The molecule has 0 aliphatic heterocycles. The summed E-state index contributed by atoms with van der Waals surface area (Å²) in [4.78, 5) is 23.7. The van der Waals surface area contributed by atoms with Gasteiger partial charge in [-0.3, -0.25) is 4.79 Å². The average molecular weight is 378 g/mol. The number of benzene rings is 2. The van der Waals surface area contributed by atoms with Gasteiger partial charge in [-0.2, -0.15) is 0 Å². The van der Waals surface area contributed by atoms with Crippen molar-refractivity contribution < 1.29 is 23.8 Å². The molecule has 0 spiro atoms. The first-order valence-corrected chi connectivity index (χ1v) is 8.26. The number of amides is 1. The predicted octanol–water partition coefficient (Wildman–Crippen LogP) is 3.53. The number of nitrogens with one attached hydrogen (secondary N) is 1.